The van der Waals surface area contributed by atoms with Crippen LogP contribution in [0.15, 0.2) is 42.7 Å². The van der Waals surface area contributed by atoms with Gasteiger partial charge in [0.2, 0.25) is 5.91 Å². The monoisotopic (exact) mass is 313 g/mol. The molecule has 0 saturated heterocycles. The third-order valence-electron chi connectivity index (χ3n) is 3.86. The maximum absolute atomic E-state index is 13.5. The molecule has 1 aliphatic rings. The summed E-state index contributed by atoms with van der Waals surface area (Å²) >= 11 is 0. The number of benzene rings is 1. The minimum absolute atomic E-state index is 0.00341. The third kappa shape index (κ3) is 2.67. The lowest BCUT2D eigenvalue weighted by Gasteiger charge is -2.37. The van der Waals surface area contributed by atoms with Crippen LogP contribution in [0.4, 0.5) is 9.18 Å². The van der Waals surface area contributed by atoms with Gasteiger partial charge in [0.1, 0.15) is 5.82 Å². The van der Waals surface area contributed by atoms with Gasteiger partial charge >= 0.3 is 6.03 Å². The molecular formula is C17H16FN3O2. The van der Waals surface area contributed by atoms with Crippen molar-refractivity contribution < 1.29 is 14.0 Å². The van der Waals surface area contributed by atoms with Crippen LogP contribution < -0.4 is 0 Å². The van der Waals surface area contributed by atoms with Gasteiger partial charge < -0.3 is 4.90 Å². The minimum Gasteiger partial charge on any atom is -0.330 e. The standard InChI is InChI=1S/C17H16FN3O2/c1-20(2)17(23)21-15(22)9-12-8-13(18)5-6-14(12)16(21)11-4-3-7-19-10-11/h3-8,10,16H,9H2,1-2H3. The lowest BCUT2D eigenvalue weighted by atomic mass is 9.88. The van der Waals surface area contributed by atoms with Crippen LogP contribution in [-0.4, -0.2) is 40.8 Å². The molecule has 0 bridgehead atoms. The maximum atomic E-state index is 13.5. The molecule has 1 unspecified atom stereocenters. The van der Waals surface area contributed by atoms with Gasteiger partial charge in [0.05, 0.1) is 12.5 Å². The number of nitrogens with zero attached hydrogens (tertiary/aromatic N) is 3. The van der Waals surface area contributed by atoms with E-state index in [0.717, 1.165) is 5.56 Å². The highest BCUT2D eigenvalue weighted by Crippen LogP contribution is 2.36. The first-order valence-corrected chi connectivity index (χ1v) is 7.20. The lowest BCUT2D eigenvalue weighted by molar-refractivity contribution is -0.130. The van der Waals surface area contributed by atoms with Crippen molar-refractivity contribution in [2.75, 3.05) is 14.1 Å². The molecule has 1 atom stereocenters. The first kappa shape index (κ1) is 15.1. The van der Waals surface area contributed by atoms with Crippen LogP contribution in [-0.2, 0) is 11.2 Å². The molecule has 0 aliphatic carbocycles. The normalized spacial score (nSPS) is 16.9. The van der Waals surface area contributed by atoms with E-state index in [0.29, 0.717) is 11.1 Å². The fourth-order valence-electron chi connectivity index (χ4n) is 2.82. The summed E-state index contributed by atoms with van der Waals surface area (Å²) in [6.45, 7) is 0. The molecule has 0 fully saturated rings. The molecule has 1 aliphatic heterocycles. The Bertz CT molecular complexity index is 762. The molecule has 2 heterocycles. The second-order valence-electron chi connectivity index (χ2n) is 5.65. The average Bonchev–Trinajstić information content (AvgIpc) is 2.53. The Hall–Kier alpha value is -2.76. The summed E-state index contributed by atoms with van der Waals surface area (Å²) in [6.07, 6.45) is 3.24. The number of imide groups is 1. The van der Waals surface area contributed by atoms with Crippen molar-refractivity contribution in [1.82, 2.24) is 14.8 Å². The SMILES string of the molecule is CN(C)C(=O)N1C(=O)Cc2cc(F)ccc2C1c1cccnc1. The highest BCUT2D eigenvalue weighted by Gasteiger charge is 2.38. The Morgan fingerprint density at radius 2 is 2.13 bits per heavy atom. The number of urea groups is 1. The summed E-state index contributed by atoms with van der Waals surface area (Å²) in [7, 11) is 3.19. The van der Waals surface area contributed by atoms with Gasteiger partial charge in [-0.05, 0) is 34.9 Å². The molecule has 0 saturated carbocycles. The Morgan fingerprint density at radius 1 is 1.35 bits per heavy atom. The third-order valence-corrected chi connectivity index (χ3v) is 3.86. The van der Waals surface area contributed by atoms with Crippen LogP contribution in [0.3, 0.4) is 0 Å². The predicted octanol–water partition coefficient (Wildman–Crippen LogP) is 2.38. The summed E-state index contributed by atoms with van der Waals surface area (Å²) in [5, 5.41) is 0. The van der Waals surface area contributed by atoms with E-state index in [9.17, 15) is 14.0 Å². The highest BCUT2D eigenvalue weighted by molar-refractivity contribution is 5.97. The zero-order valence-corrected chi connectivity index (χ0v) is 12.9. The molecule has 1 aromatic carbocycles. The van der Waals surface area contributed by atoms with Gasteiger partial charge in [0.15, 0.2) is 0 Å². The van der Waals surface area contributed by atoms with Gasteiger partial charge in [0, 0.05) is 26.5 Å². The molecule has 23 heavy (non-hydrogen) atoms. The molecule has 0 radical (unpaired) electrons. The van der Waals surface area contributed by atoms with Gasteiger partial charge in [-0.25, -0.2) is 9.18 Å². The van der Waals surface area contributed by atoms with Crippen LogP contribution in [0.1, 0.15) is 22.7 Å². The molecule has 3 rings (SSSR count). The summed E-state index contributed by atoms with van der Waals surface area (Å²) in [4.78, 5) is 31.7. The molecule has 1 aromatic heterocycles. The van der Waals surface area contributed by atoms with Gasteiger partial charge in [-0.15, -0.1) is 0 Å². The number of carbonyl (C=O) groups is 2. The summed E-state index contributed by atoms with van der Waals surface area (Å²) in [5.41, 5.74) is 2.06. The van der Waals surface area contributed by atoms with Crippen molar-refractivity contribution >= 4 is 11.9 Å². The Morgan fingerprint density at radius 3 is 2.78 bits per heavy atom. The molecule has 5 nitrogen and oxygen atoms in total. The lowest BCUT2D eigenvalue weighted by Crippen LogP contribution is -2.48. The molecule has 0 N–H and O–H groups in total. The van der Waals surface area contributed by atoms with Gasteiger partial charge in [0.25, 0.3) is 0 Å². The first-order valence-electron chi connectivity index (χ1n) is 7.20. The number of hydrogen-bond donors (Lipinski definition) is 0. The topological polar surface area (TPSA) is 53.5 Å². The van der Waals surface area contributed by atoms with E-state index >= 15 is 0 Å². The van der Waals surface area contributed by atoms with Crippen LogP contribution in [0.5, 0.6) is 0 Å². The number of fused-ring (bicyclic) bond motifs is 1. The van der Waals surface area contributed by atoms with E-state index in [2.05, 4.69) is 4.98 Å². The van der Waals surface area contributed by atoms with Gasteiger partial charge in [-0.1, -0.05) is 12.1 Å². The van der Waals surface area contributed by atoms with Crippen LogP contribution in [0.25, 0.3) is 0 Å². The molecule has 6 heteroatoms. The number of hydrogen-bond acceptors (Lipinski definition) is 3. The summed E-state index contributed by atoms with van der Waals surface area (Å²) in [5.74, 6) is -0.746. The number of pyridine rings is 1. The van der Waals surface area contributed by atoms with E-state index in [-0.39, 0.29) is 12.3 Å². The quantitative estimate of drug-likeness (QED) is 0.812. The summed E-state index contributed by atoms with van der Waals surface area (Å²) in [6, 6.07) is 6.87. The average molecular weight is 313 g/mol. The van der Waals surface area contributed by atoms with E-state index in [1.807, 2.05) is 0 Å². The van der Waals surface area contributed by atoms with E-state index in [1.165, 1.54) is 21.9 Å². The smallest absolute Gasteiger partial charge is 0.327 e. The zero-order chi connectivity index (χ0) is 16.6. The Kier molecular flexibility index (Phi) is 3.82. The predicted molar refractivity (Wildman–Crippen MR) is 82.1 cm³/mol. The highest BCUT2D eigenvalue weighted by atomic mass is 19.1. The number of carbonyl (C=O) groups excluding carboxylic acids is 2. The van der Waals surface area contributed by atoms with E-state index in [1.54, 1.807) is 44.7 Å². The fourth-order valence-corrected chi connectivity index (χ4v) is 2.82. The maximum Gasteiger partial charge on any atom is 0.327 e. The van der Waals surface area contributed by atoms with Crippen molar-refractivity contribution in [2.24, 2.45) is 0 Å². The van der Waals surface area contributed by atoms with Gasteiger partial charge in [-0.2, -0.15) is 0 Å². The van der Waals surface area contributed by atoms with Crippen molar-refractivity contribution in [3.63, 3.8) is 0 Å². The number of halogens is 1. The largest absolute Gasteiger partial charge is 0.330 e. The van der Waals surface area contributed by atoms with Crippen LogP contribution in [0.2, 0.25) is 0 Å². The van der Waals surface area contributed by atoms with Crippen molar-refractivity contribution in [2.45, 2.75) is 12.5 Å². The summed E-state index contributed by atoms with van der Waals surface area (Å²) < 4.78 is 13.5. The van der Waals surface area contributed by atoms with Crippen molar-refractivity contribution in [3.05, 3.63) is 65.2 Å². The van der Waals surface area contributed by atoms with Crippen molar-refractivity contribution in [3.8, 4) is 0 Å². The molecule has 3 amide bonds. The minimum atomic E-state index is -0.601. The number of amides is 3. The van der Waals surface area contributed by atoms with E-state index < -0.39 is 17.9 Å². The first-order chi connectivity index (χ1) is 11.0. The number of rotatable bonds is 1. The Labute approximate surface area is 133 Å². The molecule has 0 spiro atoms. The van der Waals surface area contributed by atoms with Crippen molar-refractivity contribution in [1.29, 1.82) is 0 Å². The van der Waals surface area contributed by atoms with Gasteiger partial charge in [-0.3, -0.25) is 14.7 Å². The number of aromatic nitrogens is 1. The Balaban J connectivity index is 2.18. The zero-order valence-electron chi connectivity index (χ0n) is 12.9. The fraction of sp³-hybridized carbons (Fsp3) is 0.235. The molecule has 118 valence electrons. The molecule has 2 aromatic rings. The van der Waals surface area contributed by atoms with E-state index in [4.69, 9.17) is 0 Å². The second kappa shape index (κ2) is 5.79. The van der Waals surface area contributed by atoms with Crippen LogP contribution in [0, 0.1) is 5.82 Å². The second-order valence-corrected chi connectivity index (χ2v) is 5.65. The molecular weight excluding hydrogens is 297 g/mol. The van der Waals surface area contributed by atoms with Crippen LogP contribution >= 0.6 is 0 Å².